The number of ketones is 1. The lowest BCUT2D eigenvalue weighted by Gasteiger charge is -2.32. The van der Waals surface area contributed by atoms with E-state index >= 15 is 0 Å². The summed E-state index contributed by atoms with van der Waals surface area (Å²) in [6, 6.07) is 7.40. The molecule has 0 saturated heterocycles. The van der Waals surface area contributed by atoms with E-state index < -0.39 is 47.5 Å². The molecule has 2 N–H and O–H groups in total. The smallest absolute Gasteiger partial charge is 0.438 e. The van der Waals surface area contributed by atoms with Crippen LogP contribution in [0.4, 0.5) is 0 Å². The van der Waals surface area contributed by atoms with Crippen LogP contribution >= 0.6 is 0 Å². The summed E-state index contributed by atoms with van der Waals surface area (Å²) < 4.78 is 11.0. The van der Waals surface area contributed by atoms with E-state index in [0.717, 1.165) is 17.5 Å². The minimum Gasteiger partial charge on any atom is -0.459 e. The molecule has 1 aliphatic carbocycles. The van der Waals surface area contributed by atoms with Gasteiger partial charge in [-0.15, -0.1) is 5.10 Å². The van der Waals surface area contributed by atoms with Crippen molar-refractivity contribution in [3.8, 4) is 0 Å². The Bertz CT molecular complexity index is 1230. The first-order valence-electron chi connectivity index (χ1n) is 13.3. The van der Waals surface area contributed by atoms with Crippen molar-refractivity contribution < 1.29 is 28.3 Å². The number of benzene rings is 1. The van der Waals surface area contributed by atoms with Crippen molar-refractivity contribution >= 4 is 23.6 Å². The van der Waals surface area contributed by atoms with Gasteiger partial charge in [-0.3, -0.25) is 19.2 Å². The lowest BCUT2D eigenvalue weighted by Crippen LogP contribution is -2.52. The highest BCUT2D eigenvalue weighted by Gasteiger charge is 2.36. The Kier molecular flexibility index (Phi) is 9.82. The Balaban J connectivity index is 1.73. The average Bonchev–Trinajstić information content (AvgIpc) is 3.22. The first-order chi connectivity index (χ1) is 18.3. The van der Waals surface area contributed by atoms with E-state index in [0.29, 0.717) is 18.4 Å². The van der Waals surface area contributed by atoms with Crippen molar-refractivity contribution in [3.05, 3.63) is 52.3 Å². The number of carbonyl (C=O) groups excluding carboxylic acids is 4. The van der Waals surface area contributed by atoms with Crippen LogP contribution in [-0.2, 0) is 20.9 Å². The zero-order chi connectivity index (χ0) is 28.7. The maximum Gasteiger partial charge on any atom is 0.438 e. The van der Waals surface area contributed by atoms with Gasteiger partial charge >= 0.3 is 11.7 Å². The van der Waals surface area contributed by atoms with Crippen LogP contribution in [0, 0.1) is 11.8 Å². The topological polar surface area (TPSA) is 150 Å². The largest absolute Gasteiger partial charge is 0.459 e. The molecule has 1 aromatic heterocycles. The summed E-state index contributed by atoms with van der Waals surface area (Å²) in [5.41, 5.74) is -0.250. The Morgan fingerprint density at radius 2 is 1.77 bits per heavy atom. The zero-order valence-corrected chi connectivity index (χ0v) is 23.2. The third kappa shape index (κ3) is 8.62. The van der Waals surface area contributed by atoms with Crippen LogP contribution in [0.5, 0.6) is 0 Å². The minimum absolute atomic E-state index is 0.0229. The number of Topliss-reactive ketones (excluding diaryl/α,β-unsaturated/α-hetero) is 1. The number of nitrogens with zero attached hydrogens (tertiary/aromatic N) is 2. The van der Waals surface area contributed by atoms with Gasteiger partial charge in [0, 0.05) is 11.6 Å². The molecule has 3 rings (SSSR count). The number of aromatic nitrogens is 2. The van der Waals surface area contributed by atoms with Crippen LogP contribution in [-0.4, -0.2) is 51.0 Å². The van der Waals surface area contributed by atoms with E-state index in [4.69, 9.17) is 9.15 Å². The first-order valence-corrected chi connectivity index (χ1v) is 13.3. The summed E-state index contributed by atoms with van der Waals surface area (Å²) in [5.74, 6) is -3.96. The number of esters is 1. The molecule has 0 aliphatic heterocycles. The standard InChI is InChI=1S/C28H38N4O7/c1-17(2)15-21(23(34)26-31-32(27(37)38-26)16-22(33)39-28(3,4)5)30-25(36)19-13-9-10-14-20(19)29-24(35)18-11-7-6-8-12-18/h6-8,11-12,17,19-21H,9-10,13-16H2,1-5H3,(H,29,35)(H,30,36)/t19-,20+,21+/m1/s1. The lowest BCUT2D eigenvalue weighted by atomic mass is 9.83. The normalized spacial score (nSPS) is 18.3. The summed E-state index contributed by atoms with van der Waals surface area (Å²) in [6.07, 6.45) is 3.18. The number of hydrogen-bond donors (Lipinski definition) is 2. The molecular formula is C28H38N4O7. The van der Waals surface area contributed by atoms with Gasteiger partial charge < -0.3 is 19.8 Å². The van der Waals surface area contributed by atoms with Gasteiger partial charge in [0.05, 0.1) is 12.0 Å². The molecular weight excluding hydrogens is 504 g/mol. The van der Waals surface area contributed by atoms with Gasteiger partial charge in [0.1, 0.15) is 12.1 Å². The molecule has 1 heterocycles. The summed E-state index contributed by atoms with van der Waals surface area (Å²) in [4.78, 5) is 63.9. The SMILES string of the molecule is CC(C)C[C@H](NC(=O)[C@@H]1CCCC[C@@H]1NC(=O)c1ccccc1)C(=O)c1nn(CC(=O)OC(C)(C)C)c(=O)o1. The van der Waals surface area contributed by atoms with E-state index in [1.807, 2.05) is 19.9 Å². The van der Waals surface area contributed by atoms with Crippen LogP contribution < -0.4 is 16.4 Å². The fraction of sp³-hybridized carbons (Fsp3) is 0.571. The van der Waals surface area contributed by atoms with E-state index in [-0.39, 0.29) is 30.2 Å². The van der Waals surface area contributed by atoms with Crippen LogP contribution in [0.15, 0.2) is 39.5 Å². The van der Waals surface area contributed by atoms with Gasteiger partial charge in [-0.1, -0.05) is 44.9 Å². The van der Waals surface area contributed by atoms with E-state index in [1.165, 1.54) is 0 Å². The Labute approximate surface area is 227 Å². The van der Waals surface area contributed by atoms with Crippen LogP contribution in [0.3, 0.4) is 0 Å². The maximum absolute atomic E-state index is 13.4. The molecule has 0 radical (unpaired) electrons. The Hall–Kier alpha value is -3.76. The van der Waals surface area contributed by atoms with E-state index in [2.05, 4.69) is 15.7 Å². The summed E-state index contributed by atoms with van der Waals surface area (Å²) in [5, 5.41) is 9.69. The third-order valence-corrected chi connectivity index (χ3v) is 6.31. The highest BCUT2D eigenvalue weighted by Crippen LogP contribution is 2.26. The molecule has 1 saturated carbocycles. The lowest BCUT2D eigenvalue weighted by molar-refractivity contribution is -0.155. The molecule has 1 fully saturated rings. The predicted octanol–water partition coefficient (Wildman–Crippen LogP) is 2.88. The number of nitrogens with one attached hydrogen (secondary N) is 2. The summed E-state index contributed by atoms with van der Waals surface area (Å²) in [7, 11) is 0. The van der Waals surface area contributed by atoms with Crippen molar-refractivity contribution in [2.24, 2.45) is 11.8 Å². The third-order valence-electron chi connectivity index (χ3n) is 6.31. The van der Waals surface area contributed by atoms with Crippen molar-refractivity contribution in [2.45, 2.75) is 91.0 Å². The fourth-order valence-corrected chi connectivity index (χ4v) is 4.59. The molecule has 3 atom stereocenters. The van der Waals surface area contributed by atoms with Crippen LogP contribution in [0.2, 0.25) is 0 Å². The van der Waals surface area contributed by atoms with Gasteiger partial charge in [0.25, 0.3) is 11.8 Å². The van der Waals surface area contributed by atoms with Crippen molar-refractivity contribution in [1.82, 2.24) is 20.4 Å². The molecule has 1 aromatic carbocycles. The Morgan fingerprint density at radius 3 is 2.41 bits per heavy atom. The number of rotatable bonds is 10. The number of ether oxygens (including phenoxy) is 1. The monoisotopic (exact) mass is 542 g/mol. The molecule has 2 aromatic rings. The second-order valence-electron chi connectivity index (χ2n) is 11.3. The van der Waals surface area contributed by atoms with Gasteiger partial charge in [-0.25, -0.2) is 4.79 Å². The molecule has 2 amide bonds. The van der Waals surface area contributed by atoms with Crippen molar-refractivity contribution in [2.75, 3.05) is 0 Å². The molecule has 11 nitrogen and oxygen atoms in total. The van der Waals surface area contributed by atoms with E-state index in [1.54, 1.807) is 45.0 Å². The average molecular weight is 543 g/mol. The highest BCUT2D eigenvalue weighted by molar-refractivity contribution is 5.99. The van der Waals surface area contributed by atoms with Gasteiger partial charge in [0.2, 0.25) is 11.7 Å². The molecule has 0 spiro atoms. The second-order valence-corrected chi connectivity index (χ2v) is 11.3. The first kappa shape index (κ1) is 29.8. The quantitative estimate of drug-likeness (QED) is 0.344. The number of carbonyl (C=O) groups is 4. The molecule has 0 unspecified atom stereocenters. The highest BCUT2D eigenvalue weighted by atomic mass is 16.6. The molecule has 11 heteroatoms. The number of hydrogen-bond acceptors (Lipinski definition) is 8. The fourth-order valence-electron chi connectivity index (χ4n) is 4.59. The zero-order valence-electron chi connectivity index (χ0n) is 23.2. The van der Waals surface area contributed by atoms with Gasteiger partial charge in [-0.05, 0) is 58.1 Å². The minimum atomic E-state index is -1.00. The predicted molar refractivity (Wildman–Crippen MR) is 142 cm³/mol. The van der Waals surface area contributed by atoms with Crippen molar-refractivity contribution in [3.63, 3.8) is 0 Å². The Morgan fingerprint density at radius 1 is 1.10 bits per heavy atom. The molecule has 212 valence electrons. The van der Waals surface area contributed by atoms with Gasteiger partial charge in [0.15, 0.2) is 0 Å². The van der Waals surface area contributed by atoms with Gasteiger partial charge in [-0.2, -0.15) is 4.68 Å². The van der Waals surface area contributed by atoms with Crippen LogP contribution in [0.25, 0.3) is 0 Å². The second kappa shape index (κ2) is 12.9. The molecule has 1 aliphatic rings. The summed E-state index contributed by atoms with van der Waals surface area (Å²) in [6.45, 7) is 8.34. The van der Waals surface area contributed by atoms with Crippen molar-refractivity contribution in [1.29, 1.82) is 0 Å². The van der Waals surface area contributed by atoms with Crippen LogP contribution in [0.1, 0.15) is 87.8 Å². The summed E-state index contributed by atoms with van der Waals surface area (Å²) >= 11 is 0. The molecule has 0 bridgehead atoms. The molecule has 39 heavy (non-hydrogen) atoms. The number of amides is 2. The maximum atomic E-state index is 13.4. The van der Waals surface area contributed by atoms with E-state index in [9.17, 15) is 24.0 Å².